The van der Waals surface area contributed by atoms with Crippen molar-refractivity contribution in [2.24, 2.45) is 5.73 Å². The zero-order valence-electron chi connectivity index (χ0n) is 16.1. The predicted octanol–water partition coefficient (Wildman–Crippen LogP) is 1.78. The monoisotopic (exact) mass is 409 g/mol. The lowest BCUT2D eigenvalue weighted by molar-refractivity contribution is -0.142. The Morgan fingerprint density at radius 1 is 1.21 bits per heavy atom. The highest BCUT2D eigenvalue weighted by Crippen LogP contribution is 2.15. The maximum absolute atomic E-state index is 12.6. The fourth-order valence-corrected chi connectivity index (χ4v) is 3.31. The molecule has 0 aliphatic heterocycles. The van der Waals surface area contributed by atoms with Crippen LogP contribution in [-0.4, -0.2) is 41.1 Å². The predicted molar refractivity (Wildman–Crippen MR) is 100.0 cm³/mol. The minimum Gasteiger partial charge on any atom is -0.428 e. The van der Waals surface area contributed by atoms with E-state index < -0.39 is 33.8 Å². The van der Waals surface area contributed by atoms with Crippen LogP contribution < -0.4 is 5.73 Å². The molecule has 2 aromatic rings. The largest absolute Gasteiger partial charge is 0.516 e. The van der Waals surface area contributed by atoms with Gasteiger partial charge in [-0.15, -0.1) is 0 Å². The number of hydrogen-bond acceptors (Lipinski definition) is 8. The van der Waals surface area contributed by atoms with Crippen LogP contribution in [0.5, 0.6) is 0 Å². The first-order chi connectivity index (χ1) is 12.9. The number of ether oxygens (including phenoxy) is 2. The maximum Gasteiger partial charge on any atom is 0.516 e. The smallest absolute Gasteiger partial charge is 0.428 e. The molecule has 0 radical (unpaired) electrons. The Balaban J connectivity index is 2.04. The number of nitrogens with zero attached hydrogens (tertiary/aromatic N) is 2. The van der Waals surface area contributed by atoms with Gasteiger partial charge in [-0.25, -0.2) is 27.0 Å². The van der Waals surface area contributed by atoms with Gasteiger partial charge in [-0.3, -0.25) is 0 Å². The third-order valence-corrected chi connectivity index (χ3v) is 5.14. The van der Waals surface area contributed by atoms with E-state index in [2.05, 4.69) is 9.72 Å². The van der Waals surface area contributed by atoms with Crippen molar-refractivity contribution < 1.29 is 27.5 Å². The number of rotatable bonds is 5. The minimum absolute atomic E-state index is 0.107. The van der Waals surface area contributed by atoms with Crippen LogP contribution in [0.2, 0.25) is 0 Å². The van der Waals surface area contributed by atoms with Gasteiger partial charge in [0.15, 0.2) is 0 Å². The zero-order chi connectivity index (χ0) is 21.1. The molecule has 1 aromatic heterocycles. The lowest BCUT2D eigenvalue weighted by Crippen LogP contribution is -2.37. The second-order valence-corrected chi connectivity index (χ2v) is 9.05. The molecule has 0 aliphatic carbocycles. The Morgan fingerprint density at radius 3 is 2.39 bits per heavy atom. The van der Waals surface area contributed by atoms with Crippen LogP contribution in [0, 0.1) is 6.92 Å². The number of carbonyl (C=O) groups is 2. The molecule has 0 amide bonds. The normalized spacial score (nSPS) is 13.0. The van der Waals surface area contributed by atoms with Crippen molar-refractivity contribution in [3.05, 3.63) is 48.0 Å². The Labute approximate surface area is 163 Å². The summed E-state index contributed by atoms with van der Waals surface area (Å²) in [6.07, 6.45) is 1.12. The Hall–Kier alpha value is -2.72. The van der Waals surface area contributed by atoms with Gasteiger partial charge >= 0.3 is 12.1 Å². The molecule has 152 valence electrons. The highest BCUT2D eigenvalue weighted by molar-refractivity contribution is 7.90. The molecule has 1 heterocycles. The van der Waals surface area contributed by atoms with E-state index >= 15 is 0 Å². The van der Waals surface area contributed by atoms with Crippen molar-refractivity contribution in [1.82, 2.24) is 8.96 Å². The van der Waals surface area contributed by atoms with E-state index in [-0.39, 0.29) is 17.0 Å². The molecule has 0 aliphatic rings. The number of benzene rings is 1. The topological polar surface area (TPSA) is 131 Å². The van der Waals surface area contributed by atoms with Crippen molar-refractivity contribution >= 4 is 22.1 Å². The highest BCUT2D eigenvalue weighted by Gasteiger charge is 2.25. The molecule has 0 unspecified atom stereocenters. The third-order valence-electron chi connectivity index (χ3n) is 3.52. The summed E-state index contributed by atoms with van der Waals surface area (Å²) in [5.74, 6) is -0.995. The van der Waals surface area contributed by atoms with Crippen molar-refractivity contribution in [3.8, 4) is 0 Å². The number of imidazole rings is 1. The van der Waals surface area contributed by atoms with Gasteiger partial charge in [0, 0.05) is 12.6 Å². The van der Waals surface area contributed by atoms with Crippen LogP contribution in [-0.2, 0) is 30.7 Å². The lowest BCUT2D eigenvalue weighted by atomic mass is 10.2. The Morgan fingerprint density at radius 2 is 1.82 bits per heavy atom. The molecule has 9 nitrogen and oxygen atoms in total. The zero-order valence-corrected chi connectivity index (χ0v) is 16.9. The third kappa shape index (κ3) is 5.64. The molecule has 28 heavy (non-hydrogen) atoms. The average Bonchev–Trinajstić information content (AvgIpc) is 3.02. The number of carbonyl (C=O) groups excluding carboxylic acids is 2. The minimum atomic E-state index is -3.81. The van der Waals surface area contributed by atoms with Gasteiger partial charge in [-0.1, -0.05) is 17.7 Å². The van der Waals surface area contributed by atoms with E-state index in [0.717, 1.165) is 15.9 Å². The highest BCUT2D eigenvalue weighted by atomic mass is 32.2. The molecule has 0 saturated heterocycles. The van der Waals surface area contributed by atoms with Gasteiger partial charge in [-0.2, -0.15) is 0 Å². The van der Waals surface area contributed by atoms with Crippen LogP contribution in [0.15, 0.2) is 41.7 Å². The van der Waals surface area contributed by atoms with Crippen molar-refractivity contribution in [2.75, 3.05) is 0 Å². The molecule has 1 aromatic carbocycles. The maximum atomic E-state index is 12.6. The summed E-state index contributed by atoms with van der Waals surface area (Å²) in [7, 11) is -3.81. The van der Waals surface area contributed by atoms with E-state index in [1.807, 2.05) is 6.92 Å². The van der Waals surface area contributed by atoms with Crippen LogP contribution in [0.1, 0.15) is 32.0 Å². The van der Waals surface area contributed by atoms with Gasteiger partial charge in [-0.05, 0) is 39.8 Å². The number of hydrogen-bond donors (Lipinski definition) is 1. The number of aryl methyl sites for hydroxylation is 1. The summed E-state index contributed by atoms with van der Waals surface area (Å²) in [5, 5.41) is 0. The molecule has 2 rings (SSSR count). The van der Waals surface area contributed by atoms with Gasteiger partial charge in [0.2, 0.25) is 0 Å². The Kier molecular flexibility index (Phi) is 6.25. The molecule has 10 heteroatoms. The second-order valence-electron chi connectivity index (χ2n) is 7.21. The lowest BCUT2D eigenvalue weighted by Gasteiger charge is -2.18. The molecule has 0 bridgehead atoms. The standard InChI is InChI=1S/C18H23N3O6S/c1-12-5-7-14(8-6-12)28(24,25)21-10-13(20-11-21)9-15(19)16(22)26-17(23)27-18(2,3)4/h5-8,10-11,15H,9,19H2,1-4H3/t15-/m0/s1. The summed E-state index contributed by atoms with van der Waals surface area (Å²) >= 11 is 0. The fraction of sp³-hybridized carbons (Fsp3) is 0.389. The van der Waals surface area contributed by atoms with Crippen LogP contribution in [0.4, 0.5) is 4.79 Å². The first kappa shape index (κ1) is 21.6. The number of nitrogens with two attached hydrogens (primary N) is 1. The van der Waals surface area contributed by atoms with E-state index in [4.69, 9.17) is 10.5 Å². The molecule has 0 spiro atoms. The first-order valence-corrected chi connectivity index (χ1v) is 9.88. The van der Waals surface area contributed by atoms with Crippen molar-refractivity contribution in [1.29, 1.82) is 0 Å². The molecule has 0 saturated carbocycles. The molecule has 1 atom stereocenters. The fourth-order valence-electron chi connectivity index (χ4n) is 2.15. The van der Waals surface area contributed by atoms with Crippen molar-refractivity contribution in [3.63, 3.8) is 0 Å². The molecule has 2 N–H and O–H groups in total. The first-order valence-electron chi connectivity index (χ1n) is 8.44. The summed E-state index contributed by atoms with van der Waals surface area (Å²) in [4.78, 5) is 27.5. The number of aromatic nitrogens is 2. The Bertz CT molecular complexity index is 958. The van der Waals surface area contributed by atoms with E-state index in [1.165, 1.54) is 18.3 Å². The molecular weight excluding hydrogens is 386 g/mol. The van der Waals surface area contributed by atoms with Gasteiger partial charge < -0.3 is 15.2 Å². The van der Waals surface area contributed by atoms with Gasteiger partial charge in [0.1, 0.15) is 18.0 Å². The van der Waals surface area contributed by atoms with Crippen LogP contribution >= 0.6 is 0 Å². The second kappa shape index (κ2) is 8.11. The summed E-state index contributed by atoms with van der Waals surface area (Å²) in [6, 6.07) is 5.15. The number of esters is 1. The molecular formula is C18H23N3O6S. The summed E-state index contributed by atoms with van der Waals surface area (Å²) < 4.78 is 35.5. The van der Waals surface area contributed by atoms with Gasteiger partial charge in [0.25, 0.3) is 10.0 Å². The quantitative estimate of drug-likeness (QED) is 0.584. The molecule has 0 fully saturated rings. The van der Waals surface area contributed by atoms with E-state index in [0.29, 0.717) is 0 Å². The van der Waals surface area contributed by atoms with Crippen molar-refractivity contribution in [2.45, 2.75) is 50.7 Å². The van der Waals surface area contributed by atoms with E-state index in [1.54, 1.807) is 32.9 Å². The summed E-state index contributed by atoms with van der Waals surface area (Å²) in [5.41, 5.74) is 6.10. The van der Waals surface area contributed by atoms with Crippen LogP contribution in [0.25, 0.3) is 0 Å². The average molecular weight is 409 g/mol. The van der Waals surface area contributed by atoms with Gasteiger partial charge in [0.05, 0.1) is 10.6 Å². The SMILES string of the molecule is Cc1ccc(S(=O)(=O)n2cnc(C[C@H](N)C(=O)OC(=O)OC(C)(C)C)c2)cc1. The van der Waals surface area contributed by atoms with Crippen LogP contribution in [0.3, 0.4) is 0 Å². The summed E-state index contributed by atoms with van der Waals surface area (Å²) in [6.45, 7) is 6.73. The van der Waals surface area contributed by atoms with E-state index in [9.17, 15) is 18.0 Å².